The summed E-state index contributed by atoms with van der Waals surface area (Å²) in [6.07, 6.45) is 5.57. The molecule has 4 rings (SSSR count). The predicted molar refractivity (Wildman–Crippen MR) is 87.9 cm³/mol. The minimum atomic E-state index is -3.75. The van der Waals surface area contributed by atoms with Gasteiger partial charge >= 0.3 is 5.97 Å². The van der Waals surface area contributed by atoms with Gasteiger partial charge in [-0.15, -0.1) is 0 Å². The number of carboxylic acids is 1. The second-order valence-electron chi connectivity index (χ2n) is 6.58. The molecule has 2 bridgehead atoms. The number of piperidine rings is 1. The van der Waals surface area contributed by atoms with Crippen LogP contribution in [0.3, 0.4) is 0 Å². The Morgan fingerprint density at radius 2 is 2.12 bits per heavy atom. The van der Waals surface area contributed by atoms with Gasteiger partial charge in [-0.1, -0.05) is 12.1 Å². The second kappa shape index (κ2) is 5.53. The van der Waals surface area contributed by atoms with Gasteiger partial charge < -0.3 is 5.11 Å². The molecule has 126 valence electrons. The van der Waals surface area contributed by atoms with Crippen molar-refractivity contribution in [2.24, 2.45) is 5.92 Å². The van der Waals surface area contributed by atoms with E-state index in [0.717, 1.165) is 24.6 Å². The number of sulfonamides is 1. The van der Waals surface area contributed by atoms with E-state index in [1.165, 1.54) is 4.31 Å². The lowest BCUT2D eigenvalue weighted by Crippen LogP contribution is -2.45. The molecule has 6 nitrogen and oxygen atoms in total. The lowest BCUT2D eigenvalue weighted by atomic mass is 9.97. The number of benzene rings is 1. The summed E-state index contributed by atoms with van der Waals surface area (Å²) in [5.74, 6) is -0.799. The van der Waals surface area contributed by atoms with E-state index in [-0.39, 0.29) is 23.3 Å². The van der Waals surface area contributed by atoms with Crippen molar-refractivity contribution in [3.05, 3.63) is 36.7 Å². The van der Waals surface area contributed by atoms with E-state index in [1.807, 2.05) is 6.07 Å². The van der Waals surface area contributed by atoms with Gasteiger partial charge in [0.05, 0.1) is 11.3 Å². The smallest absolute Gasteiger partial charge is 0.304 e. The summed E-state index contributed by atoms with van der Waals surface area (Å²) in [5, 5.41) is 10.6. The maximum atomic E-state index is 13.3. The van der Waals surface area contributed by atoms with Crippen LogP contribution in [0, 0.1) is 5.92 Å². The molecule has 3 atom stereocenters. The highest BCUT2D eigenvalue weighted by molar-refractivity contribution is 7.89. The fourth-order valence-electron chi connectivity index (χ4n) is 4.29. The van der Waals surface area contributed by atoms with E-state index in [9.17, 15) is 18.3 Å². The third-order valence-corrected chi connectivity index (χ3v) is 7.29. The minimum Gasteiger partial charge on any atom is -0.481 e. The Kier molecular flexibility index (Phi) is 3.58. The lowest BCUT2D eigenvalue weighted by Gasteiger charge is -2.33. The van der Waals surface area contributed by atoms with E-state index < -0.39 is 22.0 Å². The van der Waals surface area contributed by atoms with E-state index in [0.29, 0.717) is 5.39 Å². The highest BCUT2D eigenvalue weighted by Crippen LogP contribution is 2.46. The highest BCUT2D eigenvalue weighted by Gasteiger charge is 2.52. The Balaban J connectivity index is 1.83. The molecule has 2 fully saturated rings. The van der Waals surface area contributed by atoms with Crippen molar-refractivity contribution >= 4 is 26.8 Å². The molecule has 2 aliphatic rings. The third kappa shape index (κ3) is 2.31. The SMILES string of the molecule is O=C(O)C[C@@H]1[C@H]2CC[C@H](C2)N1S(=O)(=O)c1cccc2cnccc12. The zero-order valence-electron chi connectivity index (χ0n) is 13.0. The van der Waals surface area contributed by atoms with Crippen LogP contribution in [0.4, 0.5) is 0 Å². The van der Waals surface area contributed by atoms with Crippen LogP contribution in [-0.2, 0) is 14.8 Å². The Morgan fingerprint density at radius 3 is 2.92 bits per heavy atom. The molecular formula is C17H18N2O4S. The van der Waals surface area contributed by atoms with E-state index in [2.05, 4.69) is 4.98 Å². The Bertz CT molecular complexity index is 906. The zero-order valence-corrected chi connectivity index (χ0v) is 13.8. The summed E-state index contributed by atoms with van der Waals surface area (Å²) in [4.78, 5) is 15.5. The monoisotopic (exact) mass is 346 g/mol. The first-order valence-electron chi connectivity index (χ1n) is 8.06. The summed E-state index contributed by atoms with van der Waals surface area (Å²) < 4.78 is 28.2. The molecule has 0 spiro atoms. The van der Waals surface area contributed by atoms with Gasteiger partial charge in [0.15, 0.2) is 0 Å². The molecule has 1 saturated heterocycles. The van der Waals surface area contributed by atoms with Crippen LogP contribution in [0.1, 0.15) is 25.7 Å². The van der Waals surface area contributed by atoms with E-state index >= 15 is 0 Å². The third-order valence-electron chi connectivity index (χ3n) is 5.26. The van der Waals surface area contributed by atoms with Crippen LogP contribution in [0.2, 0.25) is 0 Å². The summed E-state index contributed by atoms with van der Waals surface area (Å²) in [7, 11) is -3.75. The molecule has 1 aromatic heterocycles. The number of carboxylic acid groups (broad SMARTS) is 1. The van der Waals surface area contributed by atoms with E-state index in [4.69, 9.17) is 0 Å². The highest BCUT2D eigenvalue weighted by atomic mass is 32.2. The molecule has 1 aliphatic carbocycles. The molecule has 2 heterocycles. The van der Waals surface area contributed by atoms with Gasteiger partial charge in [0.2, 0.25) is 10.0 Å². The number of rotatable bonds is 4. The molecule has 1 saturated carbocycles. The largest absolute Gasteiger partial charge is 0.481 e. The van der Waals surface area contributed by atoms with Gasteiger partial charge in [0.1, 0.15) is 0 Å². The summed E-state index contributed by atoms with van der Waals surface area (Å²) in [6.45, 7) is 0. The molecular weight excluding hydrogens is 328 g/mol. The molecule has 0 radical (unpaired) electrons. The molecule has 1 N–H and O–H groups in total. The van der Waals surface area contributed by atoms with Crippen molar-refractivity contribution in [1.29, 1.82) is 0 Å². The van der Waals surface area contributed by atoms with Crippen molar-refractivity contribution in [2.75, 3.05) is 0 Å². The van der Waals surface area contributed by atoms with Crippen molar-refractivity contribution in [2.45, 2.75) is 42.7 Å². The molecule has 0 amide bonds. The van der Waals surface area contributed by atoms with Gasteiger partial charge in [0, 0.05) is 35.2 Å². The Morgan fingerprint density at radius 1 is 1.29 bits per heavy atom. The number of hydrogen-bond donors (Lipinski definition) is 1. The fourth-order valence-corrected chi connectivity index (χ4v) is 6.42. The van der Waals surface area contributed by atoms with Crippen LogP contribution in [0.5, 0.6) is 0 Å². The number of pyridine rings is 1. The van der Waals surface area contributed by atoms with Gasteiger partial charge in [-0.3, -0.25) is 9.78 Å². The van der Waals surface area contributed by atoms with Gasteiger partial charge in [-0.2, -0.15) is 4.31 Å². The molecule has 24 heavy (non-hydrogen) atoms. The van der Waals surface area contributed by atoms with Crippen molar-refractivity contribution in [1.82, 2.24) is 9.29 Å². The van der Waals surface area contributed by atoms with E-state index in [1.54, 1.807) is 30.6 Å². The molecule has 1 aliphatic heterocycles. The first kappa shape index (κ1) is 15.5. The second-order valence-corrected chi connectivity index (χ2v) is 8.39. The van der Waals surface area contributed by atoms with Crippen LogP contribution >= 0.6 is 0 Å². The Hall–Kier alpha value is -1.99. The first-order valence-corrected chi connectivity index (χ1v) is 9.50. The van der Waals surface area contributed by atoms with Crippen LogP contribution in [-0.4, -0.2) is 40.9 Å². The summed E-state index contributed by atoms with van der Waals surface area (Å²) in [5.41, 5.74) is 0. The predicted octanol–water partition coefficient (Wildman–Crippen LogP) is 2.25. The molecule has 1 aromatic carbocycles. The minimum absolute atomic E-state index is 0.0820. The maximum Gasteiger partial charge on any atom is 0.304 e. The zero-order chi connectivity index (χ0) is 16.9. The number of fused-ring (bicyclic) bond motifs is 3. The summed E-state index contributed by atoms with van der Waals surface area (Å²) in [6, 6.07) is 6.30. The van der Waals surface area contributed by atoms with Gasteiger partial charge in [-0.05, 0) is 37.3 Å². The number of nitrogens with zero attached hydrogens (tertiary/aromatic N) is 2. The van der Waals surface area contributed by atoms with Crippen LogP contribution in [0.15, 0.2) is 41.6 Å². The molecule has 7 heteroatoms. The topological polar surface area (TPSA) is 87.6 Å². The number of carbonyl (C=O) groups is 1. The van der Waals surface area contributed by atoms with Gasteiger partial charge in [-0.25, -0.2) is 8.42 Å². The number of aliphatic carboxylic acids is 1. The summed E-state index contributed by atoms with van der Waals surface area (Å²) >= 11 is 0. The average Bonchev–Trinajstić information content (AvgIpc) is 3.15. The van der Waals surface area contributed by atoms with Crippen molar-refractivity contribution in [3.8, 4) is 0 Å². The normalized spacial score (nSPS) is 26.9. The van der Waals surface area contributed by atoms with Gasteiger partial charge in [0.25, 0.3) is 0 Å². The number of hydrogen-bond acceptors (Lipinski definition) is 4. The lowest BCUT2D eigenvalue weighted by molar-refractivity contribution is -0.138. The van der Waals surface area contributed by atoms with Crippen LogP contribution < -0.4 is 0 Å². The fraction of sp³-hybridized carbons (Fsp3) is 0.412. The Labute approximate surface area is 140 Å². The quantitative estimate of drug-likeness (QED) is 0.917. The van der Waals surface area contributed by atoms with Crippen molar-refractivity contribution in [3.63, 3.8) is 0 Å². The molecule has 2 aromatic rings. The average molecular weight is 346 g/mol. The molecule has 0 unspecified atom stereocenters. The van der Waals surface area contributed by atoms with Crippen molar-refractivity contribution < 1.29 is 18.3 Å². The maximum absolute atomic E-state index is 13.3. The van der Waals surface area contributed by atoms with Crippen LogP contribution in [0.25, 0.3) is 10.8 Å². The first-order chi connectivity index (χ1) is 11.5. The number of aromatic nitrogens is 1. The standard InChI is InChI=1S/C17H18N2O4S/c20-17(21)9-15-11-4-5-13(8-11)19(15)24(22,23)16-3-1-2-12-10-18-7-6-14(12)16/h1-3,6-7,10-11,13,15H,4-5,8-9H2,(H,20,21)/t11-,13+,15+/m0/s1.